The Bertz CT molecular complexity index is 1130. The maximum Gasteiger partial charge on any atom is 0.243 e. The maximum atomic E-state index is 13.1. The Kier molecular flexibility index (Phi) is 8.65. The van der Waals surface area contributed by atoms with Crippen LogP contribution in [0.3, 0.4) is 0 Å². The van der Waals surface area contributed by atoms with Crippen molar-refractivity contribution in [3.8, 4) is 11.5 Å². The first kappa shape index (κ1) is 24.9. The molecule has 178 valence electrons. The van der Waals surface area contributed by atoms with Gasteiger partial charge in [-0.2, -0.15) is 8.68 Å². The van der Waals surface area contributed by atoms with E-state index in [9.17, 15) is 8.42 Å². The molecular formula is C23H30N4O4S2. The van der Waals surface area contributed by atoms with Crippen molar-refractivity contribution in [3.05, 3.63) is 59.9 Å². The Labute approximate surface area is 200 Å². The Morgan fingerprint density at radius 2 is 1.67 bits per heavy atom. The Hall–Kier alpha value is -2.69. The summed E-state index contributed by atoms with van der Waals surface area (Å²) in [6.07, 6.45) is 0.574. The van der Waals surface area contributed by atoms with Gasteiger partial charge in [0, 0.05) is 49.7 Å². The molecule has 0 bridgehead atoms. The van der Waals surface area contributed by atoms with Crippen molar-refractivity contribution in [2.45, 2.75) is 25.2 Å². The van der Waals surface area contributed by atoms with Crippen LogP contribution in [0.15, 0.2) is 53.4 Å². The second-order valence-electron chi connectivity index (χ2n) is 7.23. The predicted molar refractivity (Wildman–Crippen MR) is 131 cm³/mol. The summed E-state index contributed by atoms with van der Waals surface area (Å²) in [5, 5.41) is 0.778. The molecule has 0 radical (unpaired) electrons. The van der Waals surface area contributed by atoms with Crippen LogP contribution in [0.5, 0.6) is 11.5 Å². The zero-order valence-corrected chi connectivity index (χ0v) is 21.0. The number of methoxy groups -OCH3 is 2. The van der Waals surface area contributed by atoms with Gasteiger partial charge in [-0.1, -0.05) is 25.1 Å². The number of hydrogen-bond acceptors (Lipinski definition) is 8. The topological polar surface area (TPSA) is 84.9 Å². The molecule has 3 aromatic rings. The number of aromatic nitrogens is 2. The molecule has 0 amide bonds. The van der Waals surface area contributed by atoms with Gasteiger partial charge in [-0.25, -0.2) is 13.4 Å². The molecule has 0 spiro atoms. The number of ether oxygens (including phenoxy) is 2. The fourth-order valence-electron chi connectivity index (χ4n) is 3.43. The molecule has 2 aromatic carbocycles. The van der Waals surface area contributed by atoms with E-state index in [-0.39, 0.29) is 4.90 Å². The molecule has 0 fully saturated rings. The van der Waals surface area contributed by atoms with Crippen molar-refractivity contribution in [2.24, 2.45) is 0 Å². The summed E-state index contributed by atoms with van der Waals surface area (Å²) < 4.78 is 42.7. The highest BCUT2D eigenvalue weighted by Crippen LogP contribution is 2.24. The summed E-state index contributed by atoms with van der Waals surface area (Å²) in [5.41, 5.74) is 1.02. The second kappa shape index (κ2) is 11.4. The zero-order valence-electron chi connectivity index (χ0n) is 19.4. The van der Waals surface area contributed by atoms with E-state index >= 15 is 0 Å². The Morgan fingerprint density at radius 1 is 0.939 bits per heavy atom. The average Bonchev–Trinajstić information content (AvgIpc) is 3.30. The molecule has 0 unspecified atom stereocenters. The minimum Gasteiger partial charge on any atom is -0.497 e. The first-order valence-electron chi connectivity index (χ1n) is 10.8. The fraction of sp³-hybridized carbons (Fsp3) is 0.391. The van der Waals surface area contributed by atoms with Gasteiger partial charge < -0.3 is 14.4 Å². The van der Waals surface area contributed by atoms with E-state index in [1.54, 1.807) is 38.5 Å². The van der Waals surface area contributed by atoms with Gasteiger partial charge >= 0.3 is 0 Å². The largest absolute Gasteiger partial charge is 0.497 e. The number of hydrogen-bond donors (Lipinski definition) is 0. The lowest BCUT2D eigenvalue weighted by molar-refractivity contribution is 0.410. The van der Waals surface area contributed by atoms with E-state index in [4.69, 9.17) is 14.5 Å². The van der Waals surface area contributed by atoms with Crippen molar-refractivity contribution in [2.75, 3.05) is 45.3 Å². The number of likely N-dealkylation sites (N-methyl/N-ethyl adjacent to an activating group) is 2. The van der Waals surface area contributed by atoms with Crippen LogP contribution in [-0.2, 0) is 16.4 Å². The van der Waals surface area contributed by atoms with Gasteiger partial charge in [0.05, 0.1) is 19.1 Å². The molecule has 8 nitrogen and oxygen atoms in total. The average molecular weight is 491 g/mol. The number of benzene rings is 2. The number of para-hydroxylation sites is 1. The lowest BCUT2D eigenvalue weighted by Crippen LogP contribution is -2.38. The molecule has 3 rings (SSSR count). The zero-order chi connectivity index (χ0) is 23.8. The number of sulfonamides is 1. The summed E-state index contributed by atoms with van der Waals surface area (Å²) in [6, 6.07) is 14.3. The molecule has 0 aliphatic heterocycles. The van der Waals surface area contributed by atoms with Crippen LogP contribution >= 0.6 is 11.5 Å². The number of rotatable bonds is 12. The van der Waals surface area contributed by atoms with Gasteiger partial charge in [0.25, 0.3) is 0 Å². The van der Waals surface area contributed by atoms with Crippen LogP contribution in [0.2, 0.25) is 0 Å². The van der Waals surface area contributed by atoms with Gasteiger partial charge in [-0.15, -0.1) is 0 Å². The molecule has 1 aromatic heterocycles. The van der Waals surface area contributed by atoms with Crippen molar-refractivity contribution in [3.63, 3.8) is 0 Å². The number of nitrogens with zero attached hydrogens (tertiary/aromatic N) is 4. The quantitative estimate of drug-likeness (QED) is 0.383. The van der Waals surface area contributed by atoms with Crippen molar-refractivity contribution >= 4 is 26.7 Å². The minimum atomic E-state index is -3.60. The first-order valence-corrected chi connectivity index (χ1v) is 13.0. The first-order chi connectivity index (χ1) is 15.9. The minimum absolute atomic E-state index is 0.253. The van der Waals surface area contributed by atoms with Gasteiger partial charge in [0.15, 0.2) is 0 Å². The van der Waals surface area contributed by atoms with E-state index in [2.05, 4.69) is 9.27 Å². The van der Waals surface area contributed by atoms with E-state index in [0.29, 0.717) is 38.3 Å². The van der Waals surface area contributed by atoms with E-state index < -0.39 is 10.0 Å². The Balaban J connectivity index is 1.68. The summed E-state index contributed by atoms with van der Waals surface area (Å²) in [5.74, 6) is 2.15. The molecule has 0 aliphatic carbocycles. The van der Waals surface area contributed by atoms with E-state index in [1.807, 2.05) is 38.1 Å². The van der Waals surface area contributed by atoms with Crippen LogP contribution in [0.25, 0.3) is 0 Å². The summed E-state index contributed by atoms with van der Waals surface area (Å²) in [6.45, 7) is 5.80. The van der Waals surface area contributed by atoms with Gasteiger partial charge in [0.2, 0.25) is 15.2 Å². The van der Waals surface area contributed by atoms with Crippen molar-refractivity contribution in [1.82, 2.24) is 13.7 Å². The third kappa shape index (κ3) is 6.01. The third-order valence-electron chi connectivity index (χ3n) is 5.32. The van der Waals surface area contributed by atoms with Crippen molar-refractivity contribution < 1.29 is 17.9 Å². The molecule has 1 heterocycles. The van der Waals surface area contributed by atoms with Crippen LogP contribution in [0.1, 0.15) is 25.2 Å². The van der Waals surface area contributed by atoms with Crippen molar-refractivity contribution in [1.29, 1.82) is 0 Å². The summed E-state index contributed by atoms with van der Waals surface area (Å²) in [4.78, 5) is 7.00. The Morgan fingerprint density at radius 3 is 2.30 bits per heavy atom. The molecule has 10 heteroatoms. The highest BCUT2D eigenvalue weighted by molar-refractivity contribution is 7.89. The number of anilines is 1. The maximum absolute atomic E-state index is 13.1. The normalized spacial score (nSPS) is 11.5. The second-order valence-corrected chi connectivity index (χ2v) is 9.90. The van der Waals surface area contributed by atoms with E-state index in [0.717, 1.165) is 22.3 Å². The lowest BCUT2D eigenvalue weighted by atomic mass is 10.1. The molecule has 0 aliphatic rings. The van der Waals surface area contributed by atoms with Gasteiger partial charge in [-0.05, 0) is 37.3 Å². The fourth-order valence-corrected chi connectivity index (χ4v) is 5.65. The molecular weight excluding hydrogens is 460 g/mol. The highest BCUT2D eigenvalue weighted by atomic mass is 32.2. The lowest BCUT2D eigenvalue weighted by Gasteiger charge is -2.25. The highest BCUT2D eigenvalue weighted by Gasteiger charge is 2.24. The molecule has 0 saturated carbocycles. The molecule has 33 heavy (non-hydrogen) atoms. The van der Waals surface area contributed by atoms with Crippen LogP contribution in [0, 0.1) is 0 Å². The molecule has 0 atom stereocenters. The smallest absolute Gasteiger partial charge is 0.243 e. The van der Waals surface area contributed by atoms with Crippen LogP contribution < -0.4 is 14.4 Å². The summed E-state index contributed by atoms with van der Waals surface area (Å²) >= 11 is 1.32. The predicted octanol–water partition coefficient (Wildman–Crippen LogP) is 3.68. The van der Waals surface area contributed by atoms with Crippen LogP contribution in [0.4, 0.5) is 5.13 Å². The monoisotopic (exact) mass is 490 g/mol. The van der Waals surface area contributed by atoms with Gasteiger partial charge in [-0.3, -0.25) is 0 Å². The van der Waals surface area contributed by atoms with Crippen LogP contribution in [-0.4, -0.2) is 62.5 Å². The molecule has 0 saturated heterocycles. The standard InChI is InChI=1S/C23H30N4O4S2/c1-5-26(23-24-22(25-32-23)17-18-9-7-8-10-21(18)31-4)15-16-27(6-2)33(28,29)20-13-11-19(30-3)12-14-20/h7-14H,5-6,15-17H2,1-4H3. The molecule has 0 N–H and O–H groups in total. The van der Waals surface area contributed by atoms with Gasteiger partial charge in [0.1, 0.15) is 17.3 Å². The third-order valence-corrected chi connectivity index (χ3v) is 8.12. The van der Waals surface area contributed by atoms with E-state index in [1.165, 1.54) is 15.8 Å². The SMILES string of the molecule is CCN(CCN(CC)S(=O)(=O)c1ccc(OC)cc1)c1nc(Cc2ccccc2OC)ns1. The summed E-state index contributed by atoms with van der Waals surface area (Å²) in [7, 11) is -0.399.